The number of nitrogens with zero attached hydrogens (tertiary/aromatic N) is 2. The summed E-state index contributed by atoms with van der Waals surface area (Å²) in [5.41, 5.74) is 2.79. The number of benzene rings is 2. The zero-order valence-electron chi connectivity index (χ0n) is 17.8. The second-order valence-corrected chi connectivity index (χ2v) is 6.59. The molecule has 0 heterocycles. The standard InChI is InChI=1S/C22H30N4O3/c1-6-29-20-13-17(9-12-19(20)28-5)15-25-22(23-2)24-14-16-7-10-18(11-8-16)21(27)26(3)4/h7-13H,6,14-15H2,1-5H3,(H2,23,24,25). The Bertz CT molecular complexity index is 832. The molecule has 2 rings (SSSR count). The molecule has 0 aliphatic heterocycles. The van der Waals surface area contributed by atoms with Gasteiger partial charge >= 0.3 is 0 Å². The molecular formula is C22H30N4O3. The number of methoxy groups -OCH3 is 1. The first kappa shape index (κ1) is 22.1. The summed E-state index contributed by atoms with van der Waals surface area (Å²) in [6, 6.07) is 13.4. The molecule has 0 aliphatic carbocycles. The van der Waals surface area contributed by atoms with Gasteiger partial charge in [0.2, 0.25) is 0 Å². The number of nitrogens with one attached hydrogen (secondary N) is 2. The van der Waals surface area contributed by atoms with Crippen molar-refractivity contribution in [3.05, 3.63) is 59.2 Å². The molecule has 0 fully saturated rings. The Labute approximate surface area is 172 Å². The van der Waals surface area contributed by atoms with Crippen molar-refractivity contribution in [2.45, 2.75) is 20.0 Å². The van der Waals surface area contributed by atoms with E-state index in [-0.39, 0.29) is 5.91 Å². The van der Waals surface area contributed by atoms with Gasteiger partial charge in [0, 0.05) is 39.8 Å². The van der Waals surface area contributed by atoms with Crippen LogP contribution in [0.3, 0.4) is 0 Å². The number of aliphatic imine (C=N–C) groups is 1. The fourth-order valence-corrected chi connectivity index (χ4v) is 2.71. The minimum absolute atomic E-state index is 0.00657. The van der Waals surface area contributed by atoms with Gasteiger partial charge in [-0.1, -0.05) is 18.2 Å². The van der Waals surface area contributed by atoms with Gasteiger partial charge in [0.15, 0.2) is 17.5 Å². The van der Waals surface area contributed by atoms with Crippen molar-refractivity contribution in [1.29, 1.82) is 0 Å². The van der Waals surface area contributed by atoms with Gasteiger partial charge in [-0.05, 0) is 42.3 Å². The molecule has 0 radical (unpaired) electrons. The number of guanidine groups is 1. The fraction of sp³-hybridized carbons (Fsp3) is 0.364. The van der Waals surface area contributed by atoms with Crippen molar-refractivity contribution in [3.63, 3.8) is 0 Å². The van der Waals surface area contributed by atoms with E-state index < -0.39 is 0 Å². The molecule has 2 aromatic rings. The first-order chi connectivity index (χ1) is 14.0. The number of rotatable bonds is 8. The second-order valence-electron chi connectivity index (χ2n) is 6.59. The molecule has 2 N–H and O–H groups in total. The van der Waals surface area contributed by atoms with Crippen LogP contribution in [-0.2, 0) is 13.1 Å². The Hall–Kier alpha value is -3.22. The third kappa shape index (κ3) is 6.41. The van der Waals surface area contributed by atoms with Crippen molar-refractivity contribution in [2.75, 3.05) is 34.9 Å². The van der Waals surface area contributed by atoms with Crippen molar-refractivity contribution in [3.8, 4) is 11.5 Å². The maximum absolute atomic E-state index is 12.0. The highest BCUT2D eigenvalue weighted by molar-refractivity contribution is 5.93. The van der Waals surface area contributed by atoms with Crippen LogP contribution in [0.4, 0.5) is 0 Å². The molecule has 2 aromatic carbocycles. The van der Waals surface area contributed by atoms with Crippen LogP contribution in [0.5, 0.6) is 11.5 Å². The molecule has 29 heavy (non-hydrogen) atoms. The van der Waals surface area contributed by atoms with E-state index in [2.05, 4.69) is 15.6 Å². The van der Waals surface area contributed by atoms with Crippen molar-refractivity contribution in [1.82, 2.24) is 15.5 Å². The van der Waals surface area contributed by atoms with Crippen LogP contribution in [-0.4, -0.2) is 51.6 Å². The van der Waals surface area contributed by atoms with Crippen LogP contribution in [0, 0.1) is 0 Å². The predicted molar refractivity (Wildman–Crippen MR) is 116 cm³/mol. The summed E-state index contributed by atoms with van der Waals surface area (Å²) in [5.74, 6) is 2.12. The van der Waals surface area contributed by atoms with Crippen LogP contribution >= 0.6 is 0 Å². The average molecular weight is 399 g/mol. The molecule has 0 aromatic heterocycles. The summed E-state index contributed by atoms with van der Waals surface area (Å²) < 4.78 is 10.9. The van der Waals surface area contributed by atoms with Crippen molar-refractivity contribution < 1.29 is 14.3 Å². The molecule has 7 heteroatoms. The monoisotopic (exact) mass is 398 g/mol. The van der Waals surface area contributed by atoms with E-state index in [0.717, 1.165) is 16.9 Å². The summed E-state index contributed by atoms with van der Waals surface area (Å²) in [4.78, 5) is 17.8. The quantitative estimate of drug-likeness (QED) is 0.528. The lowest BCUT2D eigenvalue weighted by molar-refractivity contribution is 0.0827. The minimum Gasteiger partial charge on any atom is -0.493 e. The van der Waals surface area contributed by atoms with Crippen molar-refractivity contribution in [2.24, 2.45) is 4.99 Å². The topological polar surface area (TPSA) is 75.2 Å². The summed E-state index contributed by atoms with van der Waals surface area (Å²) in [6.07, 6.45) is 0. The normalized spacial score (nSPS) is 11.0. The Morgan fingerprint density at radius 1 is 1.00 bits per heavy atom. The second kappa shape index (κ2) is 10.9. The van der Waals surface area contributed by atoms with Crippen LogP contribution < -0.4 is 20.1 Å². The predicted octanol–water partition coefficient (Wildman–Crippen LogP) is 2.66. The summed E-state index contributed by atoms with van der Waals surface area (Å²) in [7, 11) is 6.85. The van der Waals surface area contributed by atoms with Crippen molar-refractivity contribution >= 4 is 11.9 Å². The Morgan fingerprint density at radius 2 is 1.62 bits per heavy atom. The molecule has 0 spiro atoms. The Kier molecular flexibility index (Phi) is 8.33. The Balaban J connectivity index is 1.91. The highest BCUT2D eigenvalue weighted by atomic mass is 16.5. The lowest BCUT2D eigenvalue weighted by Crippen LogP contribution is -2.36. The van der Waals surface area contributed by atoms with E-state index >= 15 is 0 Å². The number of amides is 1. The zero-order valence-corrected chi connectivity index (χ0v) is 17.8. The van der Waals surface area contributed by atoms with E-state index in [1.54, 1.807) is 33.2 Å². The molecule has 0 atom stereocenters. The van der Waals surface area contributed by atoms with Gasteiger partial charge < -0.3 is 25.0 Å². The molecule has 0 unspecified atom stereocenters. The third-order valence-electron chi connectivity index (χ3n) is 4.28. The van der Waals surface area contributed by atoms with Gasteiger partial charge in [-0.15, -0.1) is 0 Å². The summed E-state index contributed by atoms with van der Waals surface area (Å²) in [5, 5.41) is 6.57. The van der Waals surface area contributed by atoms with Crippen LogP contribution in [0.1, 0.15) is 28.4 Å². The lowest BCUT2D eigenvalue weighted by atomic mass is 10.1. The van der Waals surface area contributed by atoms with E-state index in [9.17, 15) is 4.79 Å². The SMILES string of the molecule is CCOc1cc(CNC(=NC)NCc2ccc(C(=O)N(C)C)cc2)ccc1OC. The van der Waals surface area contributed by atoms with Crippen LogP contribution in [0.2, 0.25) is 0 Å². The number of hydrogen-bond donors (Lipinski definition) is 2. The smallest absolute Gasteiger partial charge is 0.253 e. The van der Waals surface area contributed by atoms with Gasteiger partial charge in [-0.3, -0.25) is 9.79 Å². The summed E-state index contributed by atoms with van der Waals surface area (Å²) >= 11 is 0. The highest BCUT2D eigenvalue weighted by Gasteiger charge is 2.08. The number of carbonyl (C=O) groups excluding carboxylic acids is 1. The van der Waals surface area contributed by atoms with E-state index in [0.29, 0.717) is 37.0 Å². The van der Waals surface area contributed by atoms with E-state index in [1.807, 2.05) is 49.4 Å². The third-order valence-corrected chi connectivity index (χ3v) is 4.28. The molecule has 156 valence electrons. The van der Waals surface area contributed by atoms with E-state index in [4.69, 9.17) is 9.47 Å². The molecular weight excluding hydrogens is 368 g/mol. The average Bonchev–Trinajstić information content (AvgIpc) is 2.74. The van der Waals surface area contributed by atoms with Gasteiger partial charge in [0.05, 0.1) is 13.7 Å². The zero-order chi connectivity index (χ0) is 21.2. The highest BCUT2D eigenvalue weighted by Crippen LogP contribution is 2.27. The van der Waals surface area contributed by atoms with Gasteiger partial charge in [0.1, 0.15) is 0 Å². The molecule has 7 nitrogen and oxygen atoms in total. The molecule has 0 aliphatic rings. The van der Waals surface area contributed by atoms with Gasteiger partial charge in [-0.25, -0.2) is 0 Å². The molecule has 0 saturated heterocycles. The fourth-order valence-electron chi connectivity index (χ4n) is 2.71. The molecule has 0 bridgehead atoms. The number of carbonyl (C=O) groups is 1. The first-order valence-electron chi connectivity index (χ1n) is 9.53. The first-order valence-corrected chi connectivity index (χ1v) is 9.53. The molecule has 0 saturated carbocycles. The number of ether oxygens (including phenoxy) is 2. The number of hydrogen-bond acceptors (Lipinski definition) is 4. The maximum atomic E-state index is 12.0. The van der Waals surface area contributed by atoms with Crippen LogP contribution in [0.25, 0.3) is 0 Å². The van der Waals surface area contributed by atoms with Gasteiger partial charge in [0.25, 0.3) is 5.91 Å². The molecule has 1 amide bonds. The van der Waals surface area contributed by atoms with Crippen LogP contribution in [0.15, 0.2) is 47.5 Å². The Morgan fingerprint density at radius 3 is 2.17 bits per heavy atom. The maximum Gasteiger partial charge on any atom is 0.253 e. The largest absolute Gasteiger partial charge is 0.493 e. The summed E-state index contributed by atoms with van der Waals surface area (Å²) in [6.45, 7) is 3.72. The minimum atomic E-state index is -0.00657. The van der Waals surface area contributed by atoms with E-state index in [1.165, 1.54) is 0 Å². The van der Waals surface area contributed by atoms with Gasteiger partial charge in [-0.2, -0.15) is 0 Å². The lowest BCUT2D eigenvalue weighted by Gasteiger charge is -2.14.